The minimum absolute atomic E-state index is 0.0702. The van der Waals surface area contributed by atoms with E-state index in [0.717, 1.165) is 11.4 Å². The summed E-state index contributed by atoms with van der Waals surface area (Å²) < 4.78 is 30.1. The predicted octanol–water partition coefficient (Wildman–Crippen LogP) is 2.70. The molecule has 3 fully saturated rings. The van der Waals surface area contributed by atoms with Gasteiger partial charge in [-0.15, -0.1) is 0 Å². The van der Waals surface area contributed by atoms with Crippen molar-refractivity contribution in [2.45, 2.75) is 123 Å². The van der Waals surface area contributed by atoms with Crippen LogP contribution in [0, 0.1) is 23.7 Å². The average molecular weight is 598 g/mol. The van der Waals surface area contributed by atoms with Crippen LogP contribution >= 0.6 is 0 Å². The van der Waals surface area contributed by atoms with Gasteiger partial charge >= 0.3 is 12.1 Å². The number of nitrogens with two attached hydrogens (primary N) is 1. The molecule has 12 atom stereocenters. The molecule has 0 bridgehead atoms. The first-order valence-electron chi connectivity index (χ1n) is 15.1. The molecule has 3 heterocycles. The van der Waals surface area contributed by atoms with Crippen LogP contribution in [0.3, 0.4) is 0 Å². The van der Waals surface area contributed by atoms with Crippen molar-refractivity contribution < 1.29 is 42.9 Å². The quantitative estimate of drug-likeness (QED) is 0.216. The smallest absolute Gasteiger partial charge is 0.424 e. The van der Waals surface area contributed by atoms with Gasteiger partial charge in [0.1, 0.15) is 23.8 Å². The standard InChI is InChI=1S/C30H51N3O9/c1-11-21-26-23(33(31)29(37)42-26)17(4)24(34)15(2)14-30(7,38-10)27(18(5)25(35)19(6)28(36)40-21)41-22-13-20(32(8)9)12-16(3)39-22/h15-23,26-27H,11-14,31H2,1-10H3/t15-,16?,17-,18?,19?,20?,21?,22?,23-,26?,27-,30+/m1/s1. The van der Waals surface area contributed by atoms with Crippen LogP contribution < -0.4 is 5.84 Å². The average Bonchev–Trinajstić information content (AvgIpc) is 3.24. The number of hydrogen-bond donors (Lipinski definition) is 1. The molecule has 0 radical (unpaired) electrons. The summed E-state index contributed by atoms with van der Waals surface area (Å²) in [6, 6.07) is -0.652. The fourth-order valence-corrected chi connectivity index (χ4v) is 6.82. The minimum atomic E-state index is -1.13. The summed E-state index contributed by atoms with van der Waals surface area (Å²) in [5, 5.41) is 0.906. The lowest BCUT2D eigenvalue weighted by Gasteiger charge is -2.45. The van der Waals surface area contributed by atoms with Crippen molar-refractivity contribution in [2.75, 3.05) is 21.2 Å². The molecule has 0 spiro atoms. The van der Waals surface area contributed by atoms with Crippen LogP contribution in [0.5, 0.6) is 0 Å². The zero-order valence-corrected chi connectivity index (χ0v) is 26.8. The van der Waals surface area contributed by atoms with Gasteiger partial charge in [0.25, 0.3) is 0 Å². The Labute approximate surface area is 249 Å². The maximum absolute atomic E-state index is 13.9. The highest BCUT2D eigenvalue weighted by Crippen LogP contribution is 2.38. The molecule has 0 aromatic rings. The van der Waals surface area contributed by atoms with Crippen LogP contribution in [0.15, 0.2) is 0 Å². The topological polar surface area (TPSA) is 147 Å². The summed E-state index contributed by atoms with van der Waals surface area (Å²) in [5.74, 6) is 1.54. The minimum Gasteiger partial charge on any atom is -0.458 e. The van der Waals surface area contributed by atoms with E-state index in [0.29, 0.717) is 12.8 Å². The molecule has 0 aromatic carbocycles. The maximum atomic E-state index is 13.9. The second-order valence-corrected chi connectivity index (χ2v) is 12.9. The van der Waals surface area contributed by atoms with Gasteiger partial charge in [-0.1, -0.05) is 27.7 Å². The molecule has 3 rings (SSSR count). The van der Waals surface area contributed by atoms with E-state index in [1.807, 2.05) is 27.9 Å². The molecule has 42 heavy (non-hydrogen) atoms. The summed E-state index contributed by atoms with van der Waals surface area (Å²) in [4.78, 5) is 55.7. The van der Waals surface area contributed by atoms with Crippen molar-refractivity contribution in [3.05, 3.63) is 0 Å². The number of methoxy groups -OCH3 is 1. The molecule has 12 heteroatoms. The molecule has 0 aromatic heterocycles. The maximum Gasteiger partial charge on any atom is 0.424 e. The van der Waals surface area contributed by atoms with E-state index in [-0.39, 0.29) is 30.1 Å². The lowest BCUT2D eigenvalue weighted by atomic mass is 9.75. The largest absolute Gasteiger partial charge is 0.458 e. The van der Waals surface area contributed by atoms with Crippen LogP contribution in [-0.4, -0.2) is 103 Å². The molecule has 7 unspecified atom stereocenters. The number of cyclic esters (lactones) is 1. The number of rotatable bonds is 5. The normalized spacial score (nSPS) is 42.7. The first-order chi connectivity index (χ1) is 19.6. The number of hydrazine groups is 1. The van der Waals surface area contributed by atoms with Gasteiger partial charge in [-0.3, -0.25) is 14.4 Å². The van der Waals surface area contributed by atoms with Crippen molar-refractivity contribution in [1.82, 2.24) is 9.91 Å². The Bertz CT molecular complexity index is 1010. The molecule has 1 amide bonds. The predicted molar refractivity (Wildman–Crippen MR) is 153 cm³/mol. The molecule has 3 aliphatic rings. The fourth-order valence-electron chi connectivity index (χ4n) is 6.82. The Hall–Kier alpha value is -2.12. The van der Waals surface area contributed by atoms with Crippen molar-refractivity contribution >= 4 is 23.6 Å². The van der Waals surface area contributed by atoms with E-state index in [9.17, 15) is 19.2 Å². The van der Waals surface area contributed by atoms with Crippen molar-refractivity contribution in [3.8, 4) is 0 Å². The Morgan fingerprint density at radius 2 is 1.64 bits per heavy atom. The Balaban J connectivity index is 2.05. The molecular weight excluding hydrogens is 546 g/mol. The van der Waals surface area contributed by atoms with Gasteiger partial charge in [-0.25, -0.2) is 15.6 Å². The summed E-state index contributed by atoms with van der Waals surface area (Å²) in [7, 11) is 5.54. The molecule has 240 valence electrons. The van der Waals surface area contributed by atoms with E-state index in [1.54, 1.807) is 27.7 Å². The fraction of sp³-hybridized carbons (Fsp3) is 0.867. The lowest BCUT2D eigenvalue weighted by molar-refractivity contribution is -0.262. The number of carbonyl (C=O) groups excluding carboxylic acids is 4. The highest BCUT2D eigenvalue weighted by Gasteiger charge is 2.53. The number of fused-ring (bicyclic) bond motifs is 1. The second kappa shape index (κ2) is 13.7. The van der Waals surface area contributed by atoms with Crippen molar-refractivity contribution in [1.29, 1.82) is 0 Å². The highest BCUT2D eigenvalue weighted by atomic mass is 16.7. The number of ketones is 2. The third-order valence-corrected chi connectivity index (χ3v) is 9.53. The van der Waals surface area contributed by atoms with E-state index in [1.165, 1.54) is 14.0 Å². The van der Waals surface area contributed by atoms with Crippen LogP contribution in [0.4, 0.5) is 4.79 Å². The van der Waals surface area contributed by atoms with Gasteiger partial charge in [0.2, 0.25) is 0 Å². The van der Waals surface area contributed by atoms with Crippen LogP contribution in [-0.2, 0) is 38.1 Å². The van der Waals surface area contributed by atoms with Gasteiger partial charge in [0.15, 0.2) is 18.2 Å². The number of Topliss-reactive ketones (excluding diaryl/α,β-unsaturated/α-hetero) is 2. The van der Waals surface area contributed by atoms with E-state index < -0.39 is 72.0 Å². The van der Waals surface area contributed by atoms with Gasteiger partial charge < -0.3 is 28.6 Å². The summed E-state index contributed by atoms with van der Waals surface area (Å²) in [5.41, 5.74) is -1.12. The summed E-state index contributed by atoms with van der Waals surface area (Å²) in [6.07, 6.45) is -2.29. The number of esters is 1. The van der Waals surface area contributed by atoms with Gasteiger partial charge in [-0.05, 0) is 54.1 Å². The number of amides is 1. The summed E-state index contributed by atoms with van der Waals surface area (Å²) in [6.45, 7) is 12.3. The molecule has 0 aliphatic carbocycles. The number of nitrogens with zero attached hydrogens (tertiary/aromatic N) is 2. The van der Waals surface area contributed by atoms with Crippen LogP contribution in [0.25, 0.3) is 0 Å². The Morgan fingerprint density at radius 1 is 1.00 bits per heavy atom. The van der Waals surface area contributed by atoms with Gasteiger partial charge in [0.05, 0.1) is 17.8 Å². The summed E-state index contributed by atoms with van der Waals surface area (Å²) >= 11 is 0. The van der Waals surface area contributed by atoms with E-state index >= 15 is 0 Å². The number of hydrogen-bond acceptors (Lipinski definition) is 11. The molecule has 3 saturated heterocycles. The monoisotopic (exact) mass is 597 g/mol. The second-order valence-electron chi connectivity index (χ2n) is 12.9. The van der Waals surface area contributed by atoms with Gasteiger partial charge in [0, 0.05) is 37.3 Å². The number of ether oxygens (including phenoxy) is 5. The first kappa shape index (κ1) is 34.4. The molecule has 0 saturated carbocycles. The van der Waals surface area contributed by atoms with E-state index in [4.69, 9.17) is 29.5 Å². The molecule has 3 aliphatic heterocycles. The Kier molecular flexibility index (Phi) is 11.2. The molecular formula is C30H51N3O9. The highest BCUT2D eigenvalue weighted by molar-refractivity contribution is 6.00. The third-order valence-electron chi connectivity index (χ3n) is 9.53. The lowest BCUT2D eigenvalue weighted by Crippen LogP contribution is -2.56. The molecule has 12 nitrogen and oxygen atoms in total. The third kappa shape index (κ3) is 6.99. The Morgan fingerprint density at radius 3 is 2.21 bits per heavy atom. The first-order valence-corrected chi connectivity index (χ1v) is 15.1. The zero-order chi connectivity index (χ0) is 31.7. The van der Waals surface area contributed by atoms with Gasteiger partial charge in [-0.2, -0.15) is 0 Å². The number of carbonyl (C=O) groups is 4. The van der Waals surface area contributed by atoms with Crippen LogP contribution in [0.2, 0.25) is 0 Å². The zero-order valence-electron chi connectivity index (χ0n) is 26.8. The van der Waals surface area contributed by atoms with Crippen molar-refractivity contribution in [3.63, 3.8) is 0 Å². The van der Waals surface area contributed by atoms with Crippen molar-refractivity contribution in [2.24, 2.45) is 29.5 Å². The molecule has 2 N–H and O–H groups in total. The van der Waals surface area contributed by atoms with E-state index in [2.05, 4.69) is 4.90 Å². The van der Waals surface area contributed by atoms with Crippen LogP contribution in [0.1, 0.15) is 74.1 Å². The SMILES string of the molecule is CCC1OC(=O)C(C)C(=O)C(C)[C@@H](OC2CC(N(C)C)CC(C)O2)[C@@](C)(OC)C[C@@H](C)C(=O)[C@H](C)[C@@H]2C1OC(=O)N2N.